The number of aliphatic hydroxyl groups excluding tert-OH is 8. The van der Waals surface area contributed by atoms with E-state index in [-0.39, 0.29) is 18.9 Å². The third-order valence-electron chi connectivity index (χ3n) is 19.9. The van der Waals surface area contributed by atoms with Crippen LogP contribution in [0.25, 0.3) is 0 Å². The quantitative estimate of drug-likeness (QED) is 0.0204. The highest BCUT2D eigenvalue weighted by atomic mass is 16.7. The molecular weight excluding hydrogens is 1230 g/mol. The Morgan fingerprint density at radius 2 is 0.704 bits per heavy atom. The van der Waals surface area contributed by atoms with Crippen LogP contribution >= 0.6 is 0 Å². The van der Waals surface area contributed by atoms with Gasteiger partial charge in [0.25, 0.3) is 0 Å². The number of allylic oxidation sites excluding steroid dienone is 11. The Morgan fingerprint density at radius 1 is 0.378 bits per heavy atom. The minimum atomic E-state index is -1.79. The molecule has 0 saturated carbocycles. The molecule has 0 spiro atoms. The molecule has 0 radical (unpaired) electrons. The van der Waals surface area contributed by atoms with Crippen molar-refractivity contribution in [3.05, 3.63) is 72.9 Å². The van der Waals surface area contributed by atoms with Gasteiger partial charge in [-0.3, -0.25) is 4.79 Å². The number of ether oxygens (including phenoxy) is 4. The van der Waals surface area contributed by atoms with Crippen molar-refractivity contribution in [2.24, 2.45) is 0 Å². The molecule has 12 atom stereocenters. The van der Waals surface area contributed by atoms with Crippen molar-refractivity contribution in [1.82, 2.24) is 5.32 Å². The number of aliphatic hydroxyl groups is 8. The maximum absolute atomic E-state index is 13.4. The van der Waals surface area contributed by atoms with E-state index in [1.165, 1.54) is 263 Å². The molecule has 2 aliphatic heterocycles. The van der Waals surface area contributed by atoms with Crippen LogP contribution in [0.3, 0.4) is 0 Å². The van der Waals surface area contributed by atoms with Gasteiger partial charge in [-0.15, -0.1) is 0 Å². The Labute approximate surface area is 599 Å². The lowest BCUT2D eigenvalue weighted by atomic mass is 9.97. The number of carbonyl (C=O) groups is 1. The van der Waals surface area contributed by atoms with Gasteiger partial charge in [0.2, 0.25) is 5.91 Å². The van der Waals surface area contributed by atoms with Crippen LogP contribution in [0.4, 0.5) is 0 Å². The number of hydrogen-bond donors (Lipinski definition) is 9. The molecule has 0 bridgehead atoms. The summed E-state index contributed by atoms with van der Waals surface area (Å²) in [6.45, 7) is 2.74. The third-order valence-corrected chi connectivity index (χ3v) is 19.9. The summed E-state index contributed by atoms with van der Waals surface area (Å²) < 4.78 is 22.9. The van der Waals surface area contributed by atoms with E-state index in [4.69, 9.17) is 18.9 Å². The minimum absolute atomic E-state index is 0.235. The van der Waals surface area contributed by atoms with Crippen molar-refractivity contribution in [3.8, 4) is 0 Å². The second-order valence-corrected chi connectivity index (χ2v) is 28.9. The van der Waals surface area contributed by atoms with Gasteiger partial charge in [-0.05, 0) is 64.2 Å². The van der Waals surface area contributed by atoms with Crippen LogP contribution in [0.5, 0.6) is 0 Å². The van der Waals surface area contributed by atoms with Crippen LogP contribution in [0.1, 0.15) is 361 Å². The van der Waals surface area contributed by atoms with Gasteiger partial charge in [-0.25, -0.2) is 0 Å². The molecule has 14 heteroatoms. The maximum Gasteiger partial charge on any atom is 0.220 e. The van der Waals surface area contributed by atoms with Gasteiger partial charge in [0, 0.05) is 6.42 Å². The summed E-state index contributed by atoms with van der Waals surface area (Å²) in [5.41, 5.74) is 0. The number of nitrogens with one attached hydrogen (secondary N) is 1. The highest BCUT2D eigenvalue weighted by molar-refractivity contribution is 5.76. The molecule has 14 nitrogen and oxygen atoms in total. The van der Waals surface area contributed by atoms with Crippen molar-refractivity contribution >= 4 is 5.91 Å². The predicted molar refractivity (Wildman–Crippen MR) is 406 cm³/mol. The van der Waals surface area contributed by atoms with Gasteiger partial charge in [0.15, 0.2) is 12.6 Å². The van der Waals surface area contributed by atoms with E-state index in [1.54, 1.807) is 6.08 Å². The largest absolute Gasteiger partial charge is 0.394 e. The van der Waals surface area contributed by atoms with E-state index in [0.717, 1.165) is 70.6 Å². The molecule has 0 aromatic carbocycles. The van der Waals surface area contributed by atoms with Crippen molar-refractivity contribution in [2.45, 2.75) is 434 Å². The Hall–Kier alpha value is -2.57. The van der Waals surface area contributed by atoms with E-state index in [9.17, 15) is 45.6 Å². The highest BCUT2D eigenvalue weighted by Crippen LogP contribution is 2.30. The van der Waals surface area contributed by atoms with Crippen LogP contribution in [0, 0.1) is 0 Å². The lowest BCUT2D eigenvalue weighted by Gasteiger charge is -2.46. The fraction of sp³-hybridized carbons (Fsp3) is 0.845. The first-order valence-electron chi connectivity index (χ1n) is 41.2. The van der Waals surface area contributed by atoms with Gasteiger partial charge in [-0.1, -0.05) is 363 Å². The van der Waals surface area contributed by atoms with Gasteiger partial charge >= 0.3 is 0 Å². The molecule has 2 aliphatic rings. The molecule has 98 heavy (non-hydrogen) atoms. The second kappa shape index (κ2) is 67.6. The molecule has 0 aromatic rings. The first-order valence-corrected chi connectivity index (χ1v) is 41.2. The summed E-state index contributed by atoms with van der Waals surface area (Å²) in [5, 5.41) is 87.8. The van der Waals surface area contributed by atoms with Gasteiger partial charge in [0.05, 0.1) is 32.0 Å². The third kappa shape index (κ3) is 49.9. The molecule has 12 unspecified atom stereocenters. The average molecular weight is 1390 g/mol. The lowest BCUT2D eigenvalue weighted by Crippen LogP contribution is -2.65. The first kappa shape index (κ1) is 91.5. The molecule has 2 rings (SSSR count). The molecule has 2 saturated heterocycles. The normalized spacial score (nSPS) is 22.4. The first-order chi connectivity index (χ1) is 48.1. The van der Waals surface area contributed by atoms with E-state index in [0.29, 0.717) is 6.42 Å². The minimum Gasteiger partial charge on any atom is -0.394 e. The summed E-state index contributed by atoms with van der Waals surface area (Å²) in [6.07, 6.45) is 77.0. The fourth-order valence-corrected chi connectivity index (χ4v) is 13.4. The predicted octanol–water partition coefficient (Wildman–Crippen LogP) is 18.9. The second-order valence-electron chi connectivity index (χ2n) is 28.9. The Bertz CT molecular complexity index is 1920. The van der Waals surface area contributed by atoms with Gasteiger partial charge in [0.1, 0.15) is 48.8 Å². The number of unbranched alkanes of at least 4 members (excludes halogenated alkanes) is 46. The monoisotopic (exact) mass is 1380 g/mol. The van der Waals surface area contributed by atoms with E-state index < -0.39 is 86.8 Å². The highest BCUT2D eigenvalue weighted by Gasteiger charge is 2.51. The lowest BCUT2D eigenvalue weighted by molar-refractivity contribution is -0.359. The summed E-state index contributed by atoms with van der Waals surface area (Å²) in [6, 6.07) is -0.919. The van der Waals surface area contributed by atoms with E-state index in [1.807, 2.05) is 6.08 Å². The van der Waals surface area contributed by atoms with Crippen LogP contribution in [-0.4, -0.2) is 140 Å². The summed E-state index contributed by atoms with van der Waals surface area (Å²) in [7, 11) is 0. The molecule has 0 aromatic heterocycles. The van der Waals surface area contributed by atoms with Crippen LogP contribution in [0.2, 0.25) is 0 Å². The summed E-state index contributed by atoms with van der Waals surface area (Å²) in [5.74, 6) is -0.235. The zero-order valence-corrected chi connectivity index (χ0v) is 62.8. The summed E-state index contributed by atoms with van der Waals surface area (Å²) >= 11 is 0. The Balaban J connectivity index is 1.61. The van der Waals surface area contributed by atoms with Gasteiger partial charge < -0.3 is 65.1 Å². The average Bonchev–Trinajstić information content (AvgIpc) is 0.793. The topological polar surface area (TPSA) is 228 Å². The maximum atomic E-state index is 13.4. The number of carbonyl (C=O) groups excluding carboxylic acids is 1. The van der Waals surface area contributed by atoms with Gasteiger partial charge in [-0.2, -0.15) is 0 Å². The smallest absolute Gasteiger partial charge is 0.220 e. The van der Waals surface area contributed by atoms with Crippen LogP contribution < -0.4 is 5.32 Å². The Morgan fingerprint density at radius 3 is 1.08 bits per heavy atom. The zero-order valence-electron chi connectivity index (χ0n) is 62.8. The van der Waals surface area contributed by atoms with Crippen LogP contribution in [0.15, 0.2) is 72.9 Å². The number of hydrogen-bond acceptors (Lipinski definition) is 13. The number of amides is 1. The number of rotatable bonds is 69. The van der Waals surface area contributed by atoms with Crippen molar-refractivity contribution in [3.63, 3.8) is 0 Å². The summed E-state index contributed by atoms with van der Waals surface area (Å²) in [4.78, 5) is 13.4. The molecule has 1 amide bonds. The fourth-order valence-electron chi connectivity index (χ4n) is 13.4. The van der Waals surface area contributed by atoms with Crippen molar-refractivity contribution < 1.29 is 64.6 Å². The SMILES string of the molecule is CC/C=C\C/C=C\C/C=C\C/C=C\C/C=C\CCCCCCCCCCCCCCCCCCCC(=O)NC(COC1OC(CO)C(OC2OC(CO)C(O)C(O)C2O)C(O)C1O)C(O)/C=C/CCCCCCCCCCCCCCCCCCCCCCCCCCCCCCC. The molecule has 2 fully saturated rings. The van der Waals surface area contributed by atoms with E-state index >= 15 is 0 Å². The van der Waals surface area contributed by atoms with Crippen molar-refractivity contribution in [2.75, 3.05) is 19.8 Å². The Kier molecular flexibility index (Phi) is 63.1. The zero-order chi connectivity index (χ0) is 70.8. The standard InChI is InChI=1S/C84H153NO13/c1-3-5-7-9-11-13-15-17-19-21-23-25-27-29-31-33-35-36-38-40-42-44-46-48-50-52-54-56-58-60-62-64-66-68-76(89)85-72(71-95-83-81(94)79(92)82(75(70-87)97-83)98-84-80(93)78(91)77(90)74(69-86)96-84)73(88)67-65-63-61-59-57-55-53-51-49-47-45-43-41-39-37-34-32-30-28-26-24-22-20-18-16-14-12-10-8-6-4-2/h5,7,11,13,17,19,23,25,29,31,65,67,72-75,77-84,86-88,90-94H,3-4,6,8-10,12,14-16,18,20-22,24,26-28,30,32-64,66,68-71H2,1-2H3,(H,85,89)/b7-5-,13-11-,19-17-,25-23-,31-29-,67-65+. The molecule has 2 heterocycles. The molecule has 0 aliphatic carbocycles. The molecular formula is C84H153NO13. The van der Waals surface area contributed by atoms with E-state index in [2.05, 4.69) is 79.9 Å². The molecule has 9 N–H and O–H groups in total. The van der Waals surface area contributed by atoms with Crippen molar-refractivity contribution in [1.29, 1.82) is 0 Å². The molecule has 572 valence electrons. The van der Waals surface area contributed by atoms with Crippen LogP contribution in [-0.2, 0) is 23.7 Å².